The Hall–Kier alpha value is -0.910. The average molecular weight is 213 g/mol. The molecule has 0 aromatic heterocycles. The number of hydrogen-bond acceptors (Lipinski definition) is 4. The SMILES string of the molecule is C=CCNC(=O)C(C)NN1CCOCC1. The minimum Gasteiger partial charge on any atom is -0.379 e. The lowest BCUT2D eigenvalue weighted by atomic mass is 10.3. The molecule has 1 saturated heterocycles. The number of amides is 1. The van der Waals surface area contributed by atoms with Gasteiger partial charge in [-0.3, -0.25) is 4.79 Å². The molecule has 1 rings (SSSR count). The van der Waals surface area contributed by atoms with Gasteiger partial charge in [0.25, 0.3) is 0 Å². The van der Waals surface area contributed by atoms with Crippen molar-refractivity contribution >= 4 is 5.91 Å². The van der Waals surface area contributed by atoms with Crippen molar-refractivity contribution in [3.63, 3.8) is 0 Å². The van der Waals surface area contributed by atoms with E-state index in [9.17, 15) is 4.79 Å². The molecule has 0 spiro atoms. The topological polar surface area (TPSA) is 53.6 Å². The fraction of sp³-hybridized carbons (Fsp3) is 0.700. The molecule has 1 fully saturated rings. The minimum atomic E-state index is -0.219. The Kier molecular flexibility index (Phi) is 5.31. The van der Waals surface area contributed by atoms with E-state index in [0.717, 1.165) is 13.1 Å². The van der Waals surface area contributed by atoms with Crippen LogP contribution in [0.5, 0.6) is 0 Å². The van der Waals surface area contributed by atoms with Gasteiger partial charge in [0.2, 0.25) is 5.91 Å². The normalized spacial score (nSPS) is 19.5. The Morgan fingerprint density at radius 1 is 1.60 bits per heavy atom. The fourth-order valence-electron chi connectivity index (χ4n) is 1.35. The molecule has 1 aliphatic rings. The van der Waals surface area contributed by atoms with Crippen LogP contribution in [0, 0.1) is 0 Å². The van der Waals surface area contributed by atoms with Gasteiger partial charge in [0.15, 0.2) is 0 Å². The molecule has 0 aliphatic carbocycles. The van der Waals surface area contributed by atoms with Crippen LogP contribution in [0.3, 0.4) is 0 Å². The molecule has 1 aliphatic heterocycles. The van der Waals surface area contributed by atoms with E-state index in [1.807, 2.05) is 11.9 Å². The van der Waals surface area contributed by atoms with Crippen LogP contribution in [-0.2, 0) is 9.53 Å². The molecule has 0 saturated carbocycles. The summed E-state index contributed by atoms with van der Waals surface area (Å²) in [6.45, 7) is 8.96. The zero-order valence-corrected chi connectivity index (χ0v) is 9.16. The third kappa shape index (κ3) is 4.42. The number of nitrogens with one attached hydrogen (secondary N) is 2. The Bertz CT molecular complexity index is 215. The lowest BCUT2D eigenvalue weighted by Gasteiger charge is -2.29. The average Bonchev–Trinajstić information content (AvgIpc) is 2.27. The summed E-state index contributed by atoms with van der Waals surface area (Å²) in [5.74, 6) is -0.0126. The number of nitrogens with zero attached hydrogens (tertiary/aromatic N) is 1. The third-order valence-electron chi connectivity index (χ3n) is 2.20. The van der Waals surface area contributed by atoms with Crippen LogP contribution in [0.25, 0.3) is 0 Å². The summed E-state index contributed by atoms with van der Waals surface area (Å²) in [5.41, 5.74) is 3.13. The maximum atomic E-state index is 11.5. The summed E-state index contributed by atoms with van der Waals surface area (Å²) in [5, 5.41) is 4.76. The second kappa shape index (κ2) is 6.55. The zero-order chi connectivity index (χ0) is 11.1. The van der Waals surface area contributed by atoms with E-state index in [0.29, 0.717) is 19.8 Å². The monoisotopic (exact) mass is 213 g/mol. The van der Waals surface area contributed by atoms with E-state index in [-0.39, 0.29) is 11.9 Å². The van der Waals surface area contributed by atoms with Crippen molar-refractivity contribution < 1.29 is 9.53 Å². The van der Waals surface area contributed by atoms with Gasteiger partial charge in [-0.05, 0) is 6.92 Å². The van der Waals surface area contributed by atoms with Gasteiger partial charge in [-0.15, -0.1) is 6.58 Å². The van der Waals surface area contributed by atoms with E-state index < -0.39 is 0 Å². The third-order valence-corrected chi connectivity index (χ3v) is 2.20. The predicted molar refractivity (Wildman–Crippen MR) is 58.2 cm³/mol. The summed E-state index contributed by atoms with van der Waals surface area (Å²) < 4.78 is 5.21. The smallest absolute Gasteiger partial charge is 0.238 e. The Morgan fingerprint density at radius 3 is 2.87 bits per heavy atom. The van der Waals surface area contributed by atoms with Crippen molar-refractivity contribution in [2.45, 2.75) is 13.0 Å². The molecule has 1 amide bonds. The second-order valence-corrected chi connectivity index (χ2v) is 3.48. The molecule has 5 heteroatoms. The molecule has 1 heterocycles. The van der Waals surface area contributed by atoms with Crippen LogP contribution in [0.2, 0.25) is 0 Å². The summed E-state index contributed by atoms with van der Waals surface area (Å²) >= 11 is 0. The summed E-state index contributed by atoms with van der Waals surface area (Å²) in [7, 11) is 0. The number of rotatable bonds is 5. The molecule has 5 nitrogen and oxygen atoms in total. The molecule has 0 aromatic carbocycles. The molecule has 0 bridgehead atoms. The maximum Gasteiger partial charge on any atom is 0.238 e. The van der Waals surface area contributed by atoms with Crippen molar-refractivity contribution in [2.75, 3.05) is 32.8 Å². The number of ether oxygens (including phenoxy) is 1. The maximum absolute atomic E-state index is 11.5. The van der Waals surface area contributed by atoms with Crippen molar-refractivity contribution in [2.24, 2.45) is 0 Å². The largest absolute Gasteiger partial charge is 0.379 e. The number of morpholine rings is 1. The highest BCUT2D eigenvalue weighted by atomic mass is 16.5. The van der Waals surface area contributed by atoms with Gasteiger partial charge in [-0.1, -0.05) is 6.08 Å². The van der Waals surface area contributed by atoms with Gasteiger partial charge >= 0.3 is 0 Å². The molecule has 1 unspecified atom stereocenters. The molecular weight excluding hydrogens is 194 g/mol. The summed E-state index contributed by atoms with van der Waals surface area (Å²) in [6, 6.07) is -0.219. The van der Waals surface area contributed by atoms with Crippen LogP contribution >= 0.6 is 0 Å². The Labute approximate surface area is 90.4 Å². The first-order valence-corrected chi connectivity index (χ1v) is 5.21. The van der Waals surface area contributed by atoms with Gasteiger partial charge in [0.1, 0.15) is 0 Å². The fourth-order valence-corrected chi connectivity index (χ4v) is 1.35. The van der Waals surface area contributed by atoms with Crippen LogP contribution in [0.1, 0.15) is 6.92 Å². The Morgan fingerprint density at radius 2 is 2.27 bits per heavy atom. The summed E-state index contributed by atoms with van der Waals surface area (Å²) in [6.07, 6.45) is 1.67. The van der Waals surface area contributed by atoms with E-state index in [1.54, 1.807) is 6.08 Å². The first-order chi connectivity index (χ1) is 7.24. The molecule has 2 N–H and O–H groups in total. The first-order valence-electron chi connectivity index (χ1n) is 5.21. The molecule has 0 radical (unpaired) electrons. The highest BCUT2D eigenvalue weighted by Crippen LogP contribution is 1.94. The van der Waals surface area contributed by atoms with Gasteiger partial charge < -0.3 is 10.1 Å². The predicted octanol–water partition coefficient (Wildman–Crippen LogP) is -0.486. The molecule has 15 heavy (non-hydrogen) atoms. The standard InChI is InChI=1S/C10H19N3O2/c1-3-4-11-10(14)9(2)12-13-5-7-15-8-6-13/h3,9,12H,1,4-8H2,2H3,(H,11,14). The second-order valence-electron chi connectivity index (χ2n) is 3.48. The van der Waals surface area contributed by atoms with E-state index in [4.69, 9.17) is 4.74 Å². The minimum absolute atomic E-state index is 0.0126. The lowest BCUT2D eigenvalue weighted by Crippen LogP contribution is -2.53. The van der Waals surface area contributed by atoms with Gasteiger partial charge in [-0.2, -0.15) is 0 Å². The van der Waals surface area contributed by atoms with Gasteiger partial charge in [0.05, 0.1) is 19.3 Å². The quantitative estimate of drug-likeness (QED) is 0.605. The number of hydrazine groups is 1. The van der Waals surface area contributed by atoms with Crippen LogP contribution in [0.15, 0.2) is 12.7 Å². The molecule has 86 valence electrons. The zero-order valence-electron chi connectivity index (χ0n) is 9.16. The van der Waals surface area contributed by atoms with Crippen molar-refractivity contribution in [3.8, 4) is 0 Å². The lowest BCUT2D eigenvalue weighted by molar-refractivity contribution is -0.124. The van der Waals surface area contributed by atoms with Gasteiger partial charge in [0, 0.05) is 19.6 Å². The highest BCUT2D eigenvalue weighted by molar-refractivity contribution is 5.81. The van der Waals surface area contributed by atoms with Crippen molar-refractivity contribution in [1.82, 2.24) is 15.8 Å². The van der Waals surface area contributed by atoms with Crippen molar-refractivity contribution in [3.05, 3.63) is 12.7 Å². The van der Waals surface area contributed by atoms with E-state index in [1.165, 1.54) is 0 Å². The Balaban J connectivity index is 2.23. The summed E-state index contributed by atoms with van der Waals surface area (Å²) in [4.78, 5) is 11.5. The molecular formula is C10H19N3O2. The molecule has 1 atom stereocenters. The highest BCUT2D eigenvalue weighted by Gasteiger charge is 2.17. The van der Waals surface area contributed by atoms with Crippen LogP contribution < -0.4 is 10.7 Å². The van der Waals surface area contributed by atoms with Crippen LogP contribution in [0.4, 0.5) is 0 Å². The van der Waals surface area contributed by atoms with Gasteiger partial charge in [-0.25, -0.2) is 10.4 Å². The first kappa shape index (κ1) is 12.2. The number of carbonyl (C=O) groups excluding carboxylic acids is 1. The van der Waals surface area contributed by atoms with E-state index in [2.05, 4.69) is 17.3 Å². The number of carbonyl (C=O) groups is 1. The van der Waals surface area contributed by atoms with E-state index >= 15 is 0 Å². The number of hydrogen-bond donors (Lipinski definition) is 2. The van der Waals surface area contributed by atoms with Crippen molar-refractivity contribution in [1.29, 1.82) is 0 Å². The van der Waals surface area contributed by atoms with Crippen LogP contribution in [-0.4, -0.2) is 49.8 Å². The molecule has 0 aromatic rings.